The summed E-state index contributed by atoms with van der Waals surface area (Å²) in [6, 6.07) is 2.79. The summed E-state index contributed by atoms with van der Waals surface area (Å²) < 4.78 is 19.8. The monoisotopic (exact) mass is 556 g/mol. The number of halogens is 3. The molecule has 4 rings (SSSR count). The summed E-state index contributed by atoms with van der Waals surface area (Å²) in [6.07, 6.45) is 5.85. The van der Waals surface area contributed by atoms with Crippen LogP contribution in [0.2, 0.25) is 10.0 Å². The molecular weight excluding hydrogens is 530 g/mol. The maximum absolute atomic E-state index is 14.3. The molecule has 5 N–H and O–H groups in total. The third kappa shape index (κ3) is 7.06. The van der Waals surface area contributed by atoms with E-state index in [-0.39, 0.29) is 38.8 Å². The highest BCUT2D eigenvalue weighted by Crippen LogP contribution is 2.31. The van der Waals surface area contributed by atoms with Gasteiger partial charge in [0.15, 0.2) is 10.9 Å². The van der Waals surface area contributed by atoms with Crippen molar-refractivity contribution >= 4 is 69.6 Å². The van der Waals surface area contributed by atoms with Gasteiger partial charge >= 0.3 is 5.97 Å². The van der Waals surface area contributed by atoms with Crippen LogP contribution in [0.1, 0.15) is 38.5 Å². The zero-order valence-electron chi connectivity index (χ0n) is 19.3. The molecule has 0 spiro atoms. The number of thiocarbonyl (C=S) groups is 1. The molecule has 0 bridgehead atoms. The third-order valence-electron chi connectivity index (χ3n) is 6.25. The number of rotatable bonds is 7. The molecule has 194 valence electrons. The van der Waals surface area contributed by atoms with E-state index in [0.29, 0.717) is 56.4 Å². The first kappa shape index (κ1) is 26.6. The highest BCUT2D eigenvalue weighted by Gasteiger charge is 2.27. The minimum absolute atomic E-state index is 0.00112. The molecule has 1 aliphatic heterocycles. The Bertz CT molecular complexity index is 1090. The summed E-state index contributed by atoms with van der Waals surface area (Å²) in [5.74, 6) is -0.764. The molecule has 13 heteroatoms. The van der Waals surface area contributed by atoms with Gasteiger partial charge in [-0.2, -0.15) is 4.98 Å². The van der Waals surface area contributed by atoms with Gasteiger partial charge in [-0.05, 0) is 62.9 Å². The molecule has 0 amide bonds. The van der Waals surface area contributed by atoms with Gasteiger partial charge in [0.2, 0.25) is 5.95 Å². The van der Waals surface area contributed by atoms with Crippen molar-refractivity contribution in [2.45, 2.75) is 50.6 Å². The topological polar surface area (TPSA) is 120 Å². The summed E-state index contributed by atoms with van der Waals surface area (Å²) in [7, 11) is 0. The number of ether oxygens (including phenoxy) is 1. The molecule has 0 radical (unpaired) electrons. The van der Waals surface area contributed by atoms with Crippen LogP contribution in [0.25, 0.3) is 0 Å². The van der Waals surface area contributed by atoms with Crippen LogP contribution in [-0.4, -0.2) is 51.5 Å². The van der Waals surface area contributed by atoms with Crippen molar-refractivity contribution in [2.75, 3.05) is 34.5 Å². The van der Waals surface area contributed by atoms with Crippen LogP contribution in [0.3, 0.4) is 0 Å². The zero-order valence-corrected chi connectivity index (χ0v) is 21.6. The maximum atomic E-state index is 14.3. The molecule has 1 aliphatic carbocycles. The van der Waals surface area contributed by atoms with Gasteiger partial charge in [0.1, 0.15) is 11.5 Å². The number of benzene rings is 1. The minimum atomic E-state index is -0.759. The maximum Gasteiger partial charge on any atom is 0.306 e. The van der Waals surface area contributed by atoms with E-state index in [2.05, 4.69) is 31.2 Å². The highest BCUT2D eigenvalue weighted by atomic mass is 35.5. The zero-order chi connectivity index (χ0) is 25.7. The van der Waals surface area contributed by atoms with Crippen LogP contribution in [-0.2, 0) is 9.53 Å². The largest absolute Gasteiger partial charge is 0.481 e. The van der Waals surface area contributed by atoms with Gasteiger partial charge < -0.3 is 31.1 Å². The van der Waals surface area contributed by atoms with Crippen LogP contribution in [0.4, 0.5) is 27.5 Å². The fourth-order valence-corrected chi connectivity index (χ4v) is 5.01. The molecule has 36 heavy (non-hydrogen) atoms. The lowest BCUT2D eigenvalue weighted by Gasteiger charge is -2.28. The predicted octanol–water partition coefficient (Wildman–Crippen LogP) is 5.38. The number of hydrogen-bond donors (Lipinski definition) is 5. The highest BCUT2D eigenvalue weighted by molar-refractivity contribution is 7.80. The fraction of sp³-hybridized carbons (Fsp3) is 0.478. The number of nitrogens with zero attached hydrogens (tertiary/aromatic N) is 2. The van der Waals surface area contributed by atoms with Gasteiger partial charge in [0.25, 0.3) is 0 Å². The van der Waals surface area contributed by atoms with Gasteiger partial charge in [-0.1, -0.05) is 23.2 Å². The standard InChI is InChI=1S/C23H27Cl2FN6O3S/c24-13-9-16(25)19(17(26)10-13)31-23(36)30-18-11-27-22(29-15-5-7-35-8-6-15)32-20(18)28-14-3-1-12(2-4-14)21(33)34/h9-12,14-15H,1-8H2,(H,33,34)(H2,30,31,36)(H2,27,28,29,32). The van der Waals surface area contributed by atoms with Crippen molar-refractivity contribution in [1.82, 2.24) is 9.97 Å². The lowest BCUT2D eigenvalue weighted by molar-refractivity contribution is -0.142. The van der Waals surface area contributed by atoms with Gasteiger partial charge in [-0.3, -0.25) is 4.79 Å². The van der Waals surface area contributed by atoms with Crippen LogP contribution < -0.4 is 21.3 Å². The lowest BCUT2D eigenvalue weighted by atomic mass is 9.86. The second-order valence-corrected chi connectivity index (χ2v) is 10.1. The second kappa shape index (κ2) is 12.2. The Balaban J connectivity index is 1.50. The molecule has 9 nitrogen and oxygen atoms in total. The molecule has 2 fully saturated rings. The van der Waals surface area contributed by atoms with Gasteiger partial charge in [0.05, 0.1) is 22.8 Å². The first-order valence-corrected chi connectivity index (χ1v) is 12.9. The number of carbonyl (C=O) groups is 1. The van der Waals surface area contributed by atoms with E-state index in [1.165, 1.54) is 6.07 Å². The summed E-state index contributed by atoms with van der Waals surface area (Å²) in [5.41, 5.74) is 0.481. The van der Waals surface area contributed by atoms with E-state index in [0.717, 1.165) is 18.9 Å². The number of carboxylic acid groups (broad SMARTS) is 1. The molecule has 2 aromatic rings. The van der Waals surface area contributed by atoms with Crippen molar-refractivity contribution in [1.29, 1.82) is 0 Å². The van der Waals surface area contributed by atoms with Gasteiger partial charge in [-0.15, -0.1) is 0 Å². The molecular formula is C23H27Cl2FN6O3S. The minimum Gasteiger partial charge on any atom is -0.481 e. The van der Waals surface area contributed by atoms with Crippen molar-refractivity contribution < 1.29 is 19.0 Å². The van der Waals surface area contributed by atoms with Gasteiger partial charge in [-0.25, -0.2) is 9.37 Å². The first-order valence-electron chi connectivity index (χ1n) is 11.7. The van der Waals surface area contributed by atoms with Crippen molar-refractivity contribution in [3.8, 4) is 0 Å². The van der Waals surface area contributed by atoms with Crippen molar-refractivity contribution in [2.24, 2.45) is 5.92 Å². The summed E-state index contributed by atoms with van der Waals surface area (Å²) in [6.45, 7) is 1.36. The number of anilines is 4. The summed E-state index contributed by atoms with van der Waals surface area (Å²) in [4.78, 5) is 20.4. The van der Waals surface area contributed by atoms with Gasteiger partial charge in [0, 0.05) is 30.3 Å². The van der Waals surface area contributed by atoms with Crippen LogP contribution in [0, 0.1) is 11.7 Å². The van der Waals surface area contributed by atoms with E-state index in [1.807, 2.05) is 0 Å². The third-order valence-corrected chi connectivity index (χ3v) is 6.97. The molecule has 1 saturated heterocycles. The smallest absolute Gasteiger partial charge is 0.306 e. The first-order chi connectivity index (χ1) is 17.3. The SMILES string of the molecule is O=C(O)C1CCC(Nc2nc(NC3CCOCC3)ncc2NC(=S)Nc2c(F)cc(Cl)cc2Cl)CC1. The average molecular weight is 557 g/mol. The second-order valence-electron chi connectivity index (χ2n) is 8.84. The van der Waals surface area contributed by atoms with Crippen LogP contribution in [0.15, 0.2) is 18.3 Å². The molecule has 1 aromatic heterocycles. The Labute approximate surface area is 223 Å². The van der Waals surface area contributed by atoms with Crippen LogP contribution >= 0.6 is 35.4 Å². The van der Waals surface area contributed by atoms with E-state index in [1.54, 1.807) is 6.20 Å². The molecule has 2 heterocycles. The van der Waals surface area contributed by atoms with E-state index in [4.69, 9.17) is 40.2 Å². The predicted molar refractivity (Wildman–Crippen MR) is 143 cm³/mol. The number of nitrogens with one attached hydrogen (secondary N) is 4. The molecule has 0 unspecified atom stereocenters. The molecule has 2 aliphatic rings. The lowest BCUT2D eigenvalue weighted by Crippen LogP contribution is -2.31. The summed E-state index contributed by atoms with van der Waals surface area (Å²) in [5, 5.41) is 22.2. The Morgan fingerprint density at radius 1 is 1.06 bits per heavy atom. The molecule has 1 saturated carbocycles. The van der Waals surface area contributed by atoms with E-state index < -0.39 is 11.8 Å². The molecule has 0 atom stereocenters. The van der Waals surface area contributed by atoms with E-state index in [9.17, 15) is 14.3 Å². The Morgan fingerprint density at radius 2 is 1.75 bits per heavy atom. The Hall–Kier alpha value is -2.47. The van der Waals surface area contributed by atoms with Crippen LogP contribution in [0.5, 0.6) is 0 Å². The van der Waals surface area contributed by atoms with E-state index >= 15 is 0 Å². The van der Waals surface area contributed by atoms with Crippen molar-refractivity contribution in [3.05, 3.63) is 34.2 Å². The number of carboxylic acids is 1. The molecule has 1 aromatic carbocycles. The number of aromatic nitrogens is 2. The Morgan fingerprint density at radius 3 is 2.42 bits per heavy atom. The van der Waals surface area contributed by atoms with Crippen molar-refractivity contribution in [3.63, 3.8) is 0 Å². The quantitative estimate of drug-likeness (QED) is 0.284. The fourth-order valence-electron chi connectivity index (χ4n) is 4.28. The number of aliphatic carboxylic acids is 1. The normalized spacial score (nSPS) is 20.4. The Kier molecular flexibility index (Phi) is 9.00. The average Bonchev–Trinajstić information content (AvgIpc) is 2.84. The number of hydrogen-bond acceptors (Lipinski definition) is 7. The summed E-state index contributed by atoms with van der Waals surface area (Å²) >= 11 is 17.3.